The Labute approximate surface area is 155 Å². The Balaban J connectivity index is 1.57. The molecule has 6 nitrogen and oxygen atoms in total. The lowest BCUT2D eigenvalue weighted by molar-refractivity contribution is -0.143. The predicted octanol–water partition coefficient (Wildman–Crippen LogP) is 1.89. The third-order valence-electron chi connectivity index (χ3n) is 5.65. The van der Waals surface area contributed by atoms with E-state index in [0.717, 1.165) is 44.6 Å². The molecule has 0 aliphatic carbocycles. The Hall–Kier alpha value is -1.95. The average molecular weight is 359 g/mol. The number of pyridine rings is 1. The minimum atomic E-state index is 0.0561. The van der Waals surface area contributed by atoms with Crippen molar-refractivity contribution >= 4 is 11.8 Å². The van der Waals surface area contributed by atoms with Crippen LogP contribution in [0, 0.1) is 5.41 Å². The Morgan fingerprint density at radius 2 is 2.19 bits per heavy atom. The number of methoxy groups -OCH3 is 1. The van der Waals surface area contributed by atoms with Gasteiger partial charge in [-0.25, -0.2) is 0 Å². The Bertz CT molecular complexity index is 622. The fourth-order valence-electron chi connectivity index (χ4n) is 4.20. The van der Waals surface area contributed by atoms with Gasteiger partial charge in [-0.1, -0.05) is 6.07 Å². The van der Waals surface area contributed by atoms with Crippen molar-refractivity contribution in [3.8, 4) is 0 Å². The number of hydrogen-bond acceptors (Lipinski definition) is 4. The number of carbonyl (C=O) groups is 2. The van der Waals surface area contributed by atoms with Crippen molar-refractivity contribution in [2.24, 2.45) is 5.41 Å². The summed E-state index contributed by atoms with van der Waals surface area (Å²) in [6.07, 6.45) is 6.53. The molecule has 1 aromatic heterocycles. The molecular weight excluding hydrogens is 330 g/mol. The summed E-state index contributed by atoms with van der Waals surface area (Å²) in [5, 5.41) is 0. The molecule has 6 heteroatoms. The first kappa shape index (κ1) is 18.8. The van der Waals surface area contributed by atoms with Crippen LogP contribution in [-0.4, -0.2) is 66.5 Å². The van der Waals surface area contributed by atoms with Gasteiger partial charge in [0.25, 0.3) is 0 Å². The van der Waals surface area contributed by atoms with E-state index in [4.69, 9.17) is 4.74 Å². The summed E-state index contributed by atoms with van der Waals surface area (Å²) >= 11 is 0. The van der Waals surface area contributed by atoms with Gasteiger partial charge >= 0.3 is 0 Å². The van der Waals surface area contributed by atoms with E-state index in [2.05, 4.69) is 4.98 Å². The first-order valence-corrected chi connectivity index (χ1v) is 9.56. The number of ether oxygens (including phenoxy) is 1. The summed E-state index contributed by atoms with van der Waals surface area (Å²) < 4.78 is 5.14. The molecule has 0 unspecified atom stereocenters. The molecule has 0 saturated carbocycles. The van der Waals surface area contributed by atoms with Crippen LogP contribution in [-0.2, 0) is 20.7 Å². The van der Waals surface area contributed by atoms with Gasteiger partial charge in [0.15, 0.2) is 0 Å². The number of nitrogens with zero attached hydrogens (tertiary/aromatic N) is 3. The van der Waals surface area contributed by atoms with Gasteiger partial charge in [0.1, 0.15) is 0 Å². The summed E-state index contributed by atoms with van der Waals surface area (Å²) in [4.78, 5) is 33.1. The minimum Gasteiger partial charge on any atom is -0.383 e. The van der Waals surface area contributed by atoms with Crippen molar-refractivity contribution in [2.75, 3.05) is 39.9 Å². The molecular formula is C20H29N3O3. The molecule has 0 radical (unpaired) electrons. The molecule has 0 N–H and O–H groups in total. The molecule has 2 fully saturated rings. The monoisotopic (exact) mass is 359 g/mol. The lowest BCUT2D eigenvalue weighted by atomic mass is 9.73. The molecule has 2 aliphatic rings. The number of likely N-dealkylation sites (tertiary alicyclic amines) is 2. The van der Waals surface area contributed by atoms with Crippen LogP contribution in [0.25, 0.3) is 0 Å². The number of amides is 2. The van der Waals surface area contributed by atoms with Crippen LogP contribution in [0.5, 0.6) is 0 Å². The number of carbonyl (C=O) groups excluding carboxylic acids is 2. The predicted molar refractivity (Wildman–Crippen MR) is 98.5 cm³/mol. The Kier molecular flexibility index (Phi) is 6.25. The molecule has 1 aromatic rings. The smallest absolute Gasteiger partial charge is 0.222 e. The Morgan fingerprint density at radius 1 is 1.31 bits per heavy atom. The van der Waals surface area contributed by atoms with Gasteiger partial charge in [0.05, 0.1) is 6.61 Å². The molecule has 2 amide bonds. The maximum Gasteiger partial charge on any atom is 0.222 e. The van der Waals surface area contributed by atoms with Crippen molar-refractivity contribution in [1.29, 1.82) is 0 Å². The summed E-state index contributed by atoms with van der Waals surface area (Å²) in [6, 6.07) is 5.81. The van der Waals surface area contributed by atoms with Crippen LogP contribution < -0.4 is 0 Å². The summed E-state index contributed by atoms with van der Waals surface area (Å²) in [5.74, 6) is 0.418. The van der Waals surface area contributed by atoms with Gasteiger partial charge < -0.3 is 14.5 Å². The second-order valence-corrected chi connectivity index (χ2v) is 7.55. The molecule has 3 rings (SSSR count). The SMILES string of the molecule is COCCN1C[C@@]2(CCCN(C(=O)CCc3ccccn3)C2)CCC1=O. The van der Waals surface area contributed by atoms with Crippen LogP contribution in [0.4, 0.5) is 0 Å². The molecule has 2 aliphatic heterocycles. The topological polar surface area (TPSA) is 62.7 Å². The number of hydrogen-bond donors (Lipinski definition) is 0. The third-order valence-corrected chi connectivity index (χ3v) is 5.65. The van der Waals surface area contributed by atoms with Crippen LogP contribution in [0.1, 0.15) is 37.8 Å². The van der Waals surface area contributed by atoms with Crippen LogP contribution >= 0.6 is 0 Å². The highest BCUT2D eigenvalue weighted by Crippen LogP contribution is 2.39. The zero-order chi connectivity index (χ0) is 18.4. The molecule has 1 atom stereocenters. The largest absolute Gasteiger partial charge is 0.383 e. The number of aromatic nitrogens is 1. The van der Waals surface area contributed by atoms with Crippen molar-refractivity contribution in [1.82, 2.24) is 14.8 Å². The lowest BCUT2D eigenvalue weighted by Crippen LogP contribution is -2.55. The summed E-state index contributed by atoms with van der Waals surface area (Å²) in [6.45, 7) is 3.55. The number of aryl methyl sites for hydroxylation is 1. The standard InChI is InChI=1S/C20H29N3O3/c1-26-14-13-23-16-20(10-8-19(23)25)9-4-12-22(15-20)18(24)7-6-17-5-2-3-11-21-17/h2-3,5,11H,4,6-10,12-16H2,1H3/t20-/m0/s1. The summed E-state index contributed by atoms with van der Waals surface area (Å²) in [5.41, 5.74) is 1.02. The first-order valence-electron chi connectivity index (χ1n) is 9.56. The van der Waals surface area contributed by atoms with Gasteiger partial charge in [0.2, 0.25) is 11.8 Å². The van der Waals surface area contributed by atoms with Crippen LogP contribution in [0.15, 0.2) is 24.4 Å². The second-order valence-electron chi connectivity index (χ2n) is 7.55. The molecule has 26 heavy (non-hydrogen) atoms. The van der Waals surface area contributed by atoms with E-state index in [0.29, 0.717) is 32.4 Å². The Morgan fingerprint density at radius 3 is 2.96 bits per heavy atom. The fraction of sp³-hybridized carbons (Fsp3) is 0.650. The zero-order valence-corrected chi connectivity index (χ0v) is 15.7. The van der Waals surface area contributed by atoms with Crippen molar-refractivity contribution in [3.63, 3.8) is 0 Å². The maximum absolute atomic E-state index is 12.7. The highest BCUT2D eigenvalue weighted by Gasteiger charge is 2.42. The molecule has 1 spiro atoms. The normalized spacial score (nSPS) is 23.5. The van der Waals surface area contributed by atoms with E-state index in [1.807, 2.05) is 28.0 Å². The number of piperidine rings is 2. The van der Waals surface area contributed by atoms with E-state index in [-0.39, 0.29) is 17.2 Å². The average Bonchev–Trinajstić information content (AvgIpc) is 2.68. The molecule has 3 heterocycles. The minimum absolute atomic E-state index is 0.0561. The quantitative estimate of drug-likeness (QED) is 0.778. The fourth-order valence-corrected chi connectivity index (χ4v) is 4.20. The lowest BCUT2D eigenvalue weighted by Gasteiger charge is -2.48. The van der Waals surface area contributed by atoms with Gasteiger partial charge in [-0.3, -0.25) is 14.6 Å². The van der Waals surface area contributed by atoms with Crippen molar-refractivity contribution < 1.29 is 14.3 Å². The molecule has 142 valence electrons. The highest BCUT2D eigenvalue weighted by molar-refractivity contribution is 5.78. The van der Waals surface area contributed by atoms with E-state index >= 15 is 0 Å². The summed E-state index contributed by atoms with van der Waals surface area (Å²) in [7, 11) is 1.66. The molecule has 0 aromatic carbocycles. The van der Waals surface area contributed by atoms with E-state index in [1.165, 1.54) is 0 Å². The van der Waals surface area contributed by atoms with E-state index in [1.54, 1.807) is 13.3 Å². The highest BCUT2D eigenvalue weighted by atomic mass is 16.5. The zero-order valence-electron chi connectivity index (χ0n) is 15.7. The van der Waals surface area contributed by atoms with Gasteiger partial charge in [-0.05, 0) is 37.8 Å². The molecule has 0 bridgehead atoms. The van der Waals surface area contributed by atoms with Crippen LogP contribution in [0.2, 0.25) is 0 Å². The van der Waals surface area contributed by atoms with Crippen LogP contribution in [0.3, 0.4) is 0 Å². The molecule has 2 saturated heterocycles. The first-order chi connectivity index (χ1) is 12.6. The van der Waals surface area contributed by atoms with Crippen molar-refractivity contribution in [2.45, 2.75) is 38.5 Å². The van der Waals surface area contributed by atoms with E-state index < -0.39 is 0 Å². The third kappa shape index (κ3) is 4.61. The van der Waals surface area contributed by atoms with Gasteiger partial charge in [-0.15, -0.1) is 0 Å². The van der Waals surface area contributed by atoms with E-state index in [9.17, 15) is 9.59 Å². The van der Waals surface area contributed by atoms with Gasteiger partial charge in [0, 0.05) is 63.4 Å². The maximum atomic E-state index is 12.7. The van der Waals surface area contributed by atoms with Crippen molar-refractivity contribution in [3.05, 3.63) is 30.1 Å². The number of rotatable bonds is 6. The van der Waals surface area contributed by atoms with Gasteiger partial charge in [-0.2, -0.15) is 0 Å². The second kappa shape index (κ2) is 8.62.